The Kier molecular flexibility index (Phi) is 3.78. The van der Waals surface area contributed by atoms with E-state index in [4.69, 9.17) is 5.73 Å². The minimum atomic E-state index is -1.14. The van der Waals surface area contributed by atoms with E-state index >= 15 is 0 Å². The Labute approximate surface area is 145 Å². The second kappa shape index (κ2) is 5.58. The van der Waals surface area contributed by atoms with Crippen molar-refractivity contribution in [2.75, 3.05) is 12.4 Å². The normalized spacial score (nSPS) is 22.7. The van der Waals surface area contributed by atoms with Gasteiger partial charge >= 0.3 is 0 Å². The molecule has 2 aromatic rings. The van der Waals surface area contributed by atoms with Crippen molar-refractivity contribution >= 4 is 23.4 Å². The number of carbonyl (C=O) groups is 1. The summed E-state index contributed by atoms with van der Waals surface area (Å²) in [7, 11) is 1.56. The van der Waals surface area contributed by atoms with Crippen molar-refractivity contribution in [2.45, 2.75) is 26.3 Å². The first-order valence-corrected chi connectivity index (χ1v) is 7.87. The number of anilines is 2. The molecule has 2 heterocycles. The molecule has 0 radical (unpaired) electrons. The van der Waals surface area contributed by atoms with Gasteiger partial charge in [-0.05, 0) is 39.0 Å². The molecule has 1 atom stereocenters. The summed E-state index contributed by atoms with van der Waals surface area (Å²) in [6.45, 7) is 5.22. The Morgan fingerprint density at radius 2 is 2.00 bits per heavy atom. The molecule has 0 aliphatic carbocycles. The van der Waals surface area contributed by atoms with E-state index in [1.807, 2.05) is 0 Å². The predicted octanol–water partition coefficient (Wildman–Crippen LogP) is 2.32. The van der Waals surface area contributed by atoms with E-state index < -0.39 is 16.8 Å². The summed E-state index contributed by atoms with van der Waals surface area (Å²) < 4.78 is 14.7. The third-order valence-corrected chi connectivity index (χ3v) is 5.01. The van der Waals surface area contributed by atoms with Gasteiger partial charge in [0, 0.05) is 24.4 Å². The molecule has 8 heteroatoms. The van der Waals surface area contributed by atoms with Crippen molar-refractivity contribution in [3.8, 4) is 0 Å². The largest absolute Gasteiger partial charge is 0.369 e. The average molecular weight is 344 g/mol. The van der Waals surface area contributed by atoms with Crippen LogP contribution in [0.3, 0.4) is 0 Å². The zero-order chi connectivity index (χ0) is 18.4. The standard InChI is InChI=1S/C17H21FN6O/c1-16(2)14(25)24(4)15(19)22-17(16,3)11-9-10(5-6-12(11)18)21-13-7-8-20-23-13/h5-9H,1-4H3,(H2,19,22)(H2,20,21,23)/t17-/m1/s1. The van der Waals surface area contributed by atoms with Crippen LogP contribution in [0, 0.1) is 11.2 Å². The Bertz CT molecular complexity index is 845. The Hall–Kier alpha value is -2.90. The third-order valence-electron chi connectivity index (χ3n) is 5.01. The lowest BCUT2D eigenvalue weighted by molar-refractivity contribution is -0.140. The highest BCUT2D eigenvalue weighted by molar-refractivity contribution is 6.01. The molecule has 4 N–H and O–H groups in total. The molecule has 132 valence electrons. The van der Waals surface area contributed by atoms with Gasteiger partial charge in [-0.3, -0.25) is 14.8 Å². The lowest BCUT2D eigenvalue weighted by Crippen LogP contribution is -2.58. The first kappa shape index (κ1) is 16.9. The van der Waals surface area contributed by atoms with Gasteiger partial charge in [0.05, 0.1) is 11.6 Å². The van der Waals surface area contributed by atoms with Crippen LogP contribution in [0.1, 0.15) is 26.3 Å². The maximum atomic E-state index is 14.7. The molecule has 1 aromatic carbocycles. The third kappa shape index (κ3) is 2.54. The number of hydrogen-bond donors (Lipinski definition) is 3. The summed E-state index contributed by atoms with van der Waals surface area (Å²) in [6.07, 6.45) is 1.61. The van der Waals surface area contributed by atoms with Crippen molar-refractivity contribution in [3.05, 3.63) is 41.8 Å². The molecule has 3 rings (SSSR count). The van der Waals surface area contributed by atoms with Crippen LogP contribution in [0.2, 0.25) is 0 Å². The minimum absolute atomic E-state index is 0.0677. The first-order valence-electron chi connectivity index (χ1n) is 7.87. The summed E-state index contributed by atoms with van der Waals surface area (Å²) in [5, 5.41) is 9.75. The van der Waals surface area contributed by atoms with E-state index in [1.165, 1.54) is 11.0 Å². The fraction of sp³-hybridized carbons (Fsp3) is 0.353. The number of guanidine groups is 1. The van der Waals surface area contributed by atoms with Gasteiger partial charge in [-0.15, -0.1) is 0 Å². The SMILES string of the molecule is CN1C(=O)C(C)(C)[C@@](C)(c2cc(Nc3ccn[nH]3)ccc2F)N=C1N. The molecular formula is C17H21FN6O. The van der Waals surface area contributed by atoms with Crippen molar-refractivity contribution in [1.29, 1.82) is 0 Å². The Morgan fingerprint density at radius 3 is 2.64 bits per heavy atom. The van der Waals surface area contributed by atoms with Gasteiger partial charge in [-0.1, -0.05) is 0 Å². The van der Waals surface area contributed by atoms with E-state index in [0.717, 1.165) is 0 Å². The first-order chi connectivity index (χ1) is 11.7. The summed E-state index contributed by atoms with van der Waals surface area (Å²) in [4.78, 5) is 18.5. The lowest BCUT2D eigenvalue weighted by Gasteiger charge is -2.46. The fourth-order valence-electron chi connectivity index (χ4n) is 3.03. The van der Waals surface area contributed by atoms with E-state index in [2.05, 4.69) is 20.5 Å². The second-order valence-corrected chi connectivity index (χ2v) is 6.82. The van der Waals surface area contributed by atoms with E-state index in [9.17, 15) is 9.18 Å². The number of carbonyl (C=O) groups excluding carboxylic acids is 1. The number of rotatable bonds is 3. The van der Waals surface area contributed by atoms with Crippen molar-refractivity contribution < 1.29 is 9.18 Å². The fourth-order valence-corrected chi connectivity index (χ4v) is 3.03. The van der Waals surface area contributed by atoms with Gasteiger partial charge in [-0.25, -0.2) is 9.38 Å². The zero-order valence-electron chi connectivity index (χ0n) is 14.6. The summed E-state index contributed by atoms with van der Waals surface area (Å²) in [6, 6.07) is 6.36. The Morgan fingerprint density at radius 1 is 1.28 bits per heavy atom. The number of halogens is 1. The van der Waals surface area contributed by atoms with Crippen molar-refractivity contribution in [2.24, 2.45) is 16.1 Å². The van der Waals surface area contributed by atoms with Crippen molar-refractivity contribution in [3.63, 3.8) is 0 Å². The number of nitrogens with two attached hydrogens (primary N) is 1. The number of nitrogens with one attached hydrogen (secondary N) is 2. The van der Waals surface area contributed by atoms with Crippen molar-refractivity contribution in [1.82, 2.24) is 15.1 Å². The second-order valence-electron chi connectivity index (χ2n) is 6.82. The highest BCUT2D eigenvalue weighted by atomic mass is 19.1. The van der Waals surface area contributed by atoms with Crippen LogP contribution in [-0.2, 0) is 10.3 Å². The molecule has 25 heavy (non-hydrogen) atoms. The summed E-state index contributed by atoms with van der Waals surface area (Å²) >= 11 is 0. The number of H-pyrrole nitrogens is 1. The number of aliphatic imine (C=N–C) groups is 1. The smallest absolute Gasteiger partial charge is 0.237 e. The maximum absolute atomic E-state index is 14.7. The summed E-state index contributed by atoms with van der Waals surface area (Å²) in [5.74, 6) is 0.0797. The molecular weight excluding hydrogens is 323 g/mol. The zero-order valence-corrected chi connectivity index (χ0v) is 14.6. The molecule has 1 amide bonds. The van der Waals surface area contributed by atoms with Crippen LogP contribution >= 0.6 is 0 Å². The number of benzene rings is 1. The molecule has 1 aliphatic heterocycles. The van der Waals surface area contributed by atoms with Gasteiger partial charge in [0.2, 0.25) is 5.91 Å². The summed E-state index contributed by atoms with van der Waals surface area (Å²) in [5.41, 5.74) is 4.74. The molecule has 0 saturated heterocycles. The van der Waals surface area contributed by atoms with E-state index in [-0.39, 0.29) is 11.9 Å². The van der Waals surface area contributed by atoms with E-state index in [1.54, 1.807) is 52.2 Å². The van der Waals surface area contributed by atoms with Gasteiger partial charge < -0.3 is 11.1 Å². The lowest BCUT2D eigenvalue weighted by atomic mass is 9.67. The van der Waals surface area contributed by atoms with Crippen LogP contribution in [0.5, 0.6) is 0 Å². The van der Waals surface area contributed by atoms with Crippen LogP contribution in [0.4, 0.5) is 15.9 Å². The van der Waals surface area contributed by atoms with Gasteiger partial charge in [0.25, 0.3) is 0 Å². The number of nitrogens with zero attached hydrogens (tertiary/aromatic N) is 3. The minimum Gasteiger partial charge on any atom is -0.369 e. The monoisotopic (exact) mass is 344 g/mol. The molecule has 0 fully saturated rings. The molecule has 1 aliphatic rings. The molecule has 1 aromatic heterocycles. The van der Waals surface area contributed by atoms with Crippen LogP contribution in [0.25, 0.3) is 0 Å². The van der Waals surface area contributed by atoms with Crippen LogP contribution < -0.4 is 11.1 Å². The predicted molar refractivity (Wildman–Crippen MR) is 93.8 cm³/mol. The van der Waals surface area contributed by atoms with Crippen LogP contribution in [0.15, 0.2) is 35.5 Å². The maximum Gasteiger partial charge on any atom is 0.237 e. The quantitative estimate of drug-likeness (QED) is 0.795. The highest BCUT2D eigenvalue weighted by Crippen LogP contribution is 2.47. The molecule has 0 unspecified atom stereocenters. The van der Waals surface area contributed by atoms with Crippen LogP contribution in [-0.4, -0.2) is 34.0 Å². The average Bonchev–Trinajstić information content (AvgIpc) is 3.06. The molecule has 0 bridgehead atoms. The van der Waals surface area contributed by atoms with Gasteiger partial charge in [0.1, 0.15) is 17.2 Å². The molecule has 7 nitrogen and oxygen atoms in total. The number of aromatic nitrogens is 2. The van der Waals surface area contributed by atoms with Gasteiger partial charge in [-0.2, -0.15) is 5.10 Å². The number of hydrogen-bond acceptors (Lipinski definition) is 5. The topological polar surface area (TPSA) is 99.4 Å². The molecule has 0 saturated carbocycles. The number of amides is 1. The highest BCUT2D eigenvalue weighted by Gasteiger charge is 2.53. The number of aromatic amines is 1. The van der Waals surface area contributed by atoms with Gasteiger partial charge in [0.15, 0.2) is 5.96 Å². The Balaban J connectivity index is 2.12. The van der Waals surface area contributed by atoms with E-state index in [0.29, 0.717) is 17.1 Å². The molecule has 0 spiro atoms.